The zero-order chi connectivity index (χ0) is 19.4. The van der Waals surface area contributed by atoms with Gasteiger partial charge < -0.3 is 9.47 Å². The van der Waals surface area contributed by atoms with Crippen LogP contribution in [0.3, 0.4) is 0 Å². The first-order valence-electron chi connectivity index (χ1n) is 8.17. The van der Waals surface area contributed by atoms with Crippen LogP contribution in [0.15, 0.2) is 47.4 Å². The maximum atomic E-state index is 12.7. The van der Waals surface area contributed by atoms with Crippen molar-refractivity contribution in [3.05, 3.63) is 63.6 Å². The lowest BCUT2D eigenvalue weighted by Crippen LogP contribution is -2.40. The average Bonchev–Trinajstić information content (AvgIpc) is 2.69. The summed E-state index contributed by atoms with van der Waals surface area (Å²) in [5, 5.41) is 0.596. The first-order chi connectivity index (χ1) is 12.9. The second-order valence-electron chi connectivity index (χ2n) is 5.87. The fourth-order valence-electron chi connectivity index (χ4n) is 2.59. The highest BCUT2D eigenvalue weighted by molar-refractivity contribution is 7.89. The van der Waals surface area contributed by atoms with E-state index in [1.165, 1.54) is 34.6 Å². The Balaban J connectivity index is 1.70. The van der Waals surface area contributed by atoms with Crippen LogP contribution < -0.4 is 0 Å². The molecule has 144 valence electrons. The number of halogens is 2. The van der Waals surface area contributed by atoms with E-state index in [1.807, 2.05) is 0 Å². The third-order valence-electron chi connectivity index (χ3n) is 4.03. The van der Waals surface area contributed by atoms with Crippen LogP contribution in [-0.4, -0.2) is 45.0 Å². The summed E-state index contributed by atoms with van der Waals surface area (Å²) in [6.07, 6.45) is 0. The first-order valence-corrected chi connectivity index (χ1v) is 10.4. The van der Waals surface area contributed by atoms with Crippen LogP contribution in [0.2, 0.25) is 10.0 Å². The predicted molar refractivity (Wildman–Crippen MR) is 102 cm³/mol. The monoisotopic (exact) mass is 429 g/mol. The summed E-state index contributed by atoms with van der Waals surface area (Å²) in [6, 6.07) is 10.8. The highest BCUT2D eigenvalue weighted by Gasteiger charge is 2.26. The molecule has 2 aromatic rings. The smallest absolute Gasteiger partial charge is 0.338 e. The number of carbonyl (C=O) groups is 1. The van der Waals surface area contributed by atoms with Crippen molar-refractivity contribution in [1.82, 2.24) is 4.31 Å². The van der Waals surface area contributed by atoms with Gasteiger partial charge in [0.15, 0.2) is 0 Å². The lowest BCUT2D eigenvalue weighted by atomic mass is 10.2. The van der Waals surface area contributed by atoms with Gasteiger partial charge in [-0.25, -0.2) is 13.2 Å². The van der Waals surface area contributed by atoms with E-state index >= 15 is 0 Å². The Labute approximate surface area is 167 Å². The van der Waals surface area contributed by atoms with Crippen molar-refractivity contribution in [2.45, 2.75) is 11.5 Å². The minimum absolute atomic E-state index is 0.0639. The van der Waals surface area contributed by atoms with E-state index in [0.29, 0.717) is 36.9 Å². The van der Waals surface area contributed by atoms with Crippen molar-refractivity contribution >= 4 is 39.2 Å². The minimum atomic E-state index is -3.60. The molecule has 1 aliphatic rings. The van der Waals surface area contributed by atoms with Gasteiger partial charge in [0.1, 0.15) is 6.61 Å². The Morgan fingerprint density at radius 3 is 2.52 bits per heavy atom. The number of esters is 1. The third kappa shape index (κ3) is 4.80. The maximum absolute atomic E-state index is 12.7. The fraction of sp³-hybridized carbons (Fsp3) is 0.278. The summed E-state index contributed by atoms with van der Waals surface area (Å²) < 4.78 is 37.2. The second kappa shape index (κ2) is 8.58. The largest absolute Gasteiger partial charge is 0.457 e. The molecule has 3 rings (SSSR count). The van der Waals surface area contributed by atoms with Crippen LogP contribution in [0.4, 0.5) is 0 Å². The molecule has 1 saturated heterocycles. The van der Waals surface area contributed by atoms with Crippen molar-refractivity contribution in [3.8, 4) is 0 Å². The van der Waals surface area contributed by atoms with E-state index in [1.54, 1.807) is 12.1 Å². The van der Waals surface area contributed by atoms with Gasteiger partial charge in [-0.2, -0.15) is 4.31 Å². The number of rotatable bonds is 5. The molecule has 27 heavy (non-hydrogen) atoms. The summed E-state index contributed by atoms with van der Waals surface area (Å²) in [5.41, 5.74) is 0.833. The highest BCUT2D eigenvalue weighted by atomic mass is 35.5. The van der Waals surface area contributed by atoms with Gasteiger partial charge in [-0.05, 0) is 35.9 Å². The van der Waals surface area contributed by atoms with Crippen LogP contribution >= 0.6 is 23.2 Å². The first kappa shape index (κ1) is 20.1. The average molecular weight is 430 g/mol. The molecule has 9 heteroatoms. The Hall–Kier alpha value is -1.64. The number of sulfonamides is 1. The summed E-state index contributed by atoms with van der Waals surface area (Å²) in [5.74, 6) is -0.574. The van der Waals surface area contributed by atoms with Crippen molar-refractivity contribution in [2.24, 2.45) is 0 Å². The molecule has 0 aliphatic carbocycles. The molecule has 0 aromatic heterocycles. The van der Waals surface area contributed by atoms with Gasteiger partial charge in [0.25, 0.3) is 0 Å². The molecular formula is C18H17Cl2NO5S. The molecule has 2 aromatic carbocycles. The molecular weight excluding hydrogens is 413 g/mol. The summed E-state index contributed by atoms with van der Waals surface area (Å²) >= 11 is 11.7. The molecule has 1 heterocycles. The normalized spacial score (nSPS) is 15.5. The molecule has 0 spiro atoms. The molecule has 0 amide bonds. The summed E-state index contributed by atoms with van der Waals surface area (Å²) in [7, 11) is -3.60. The zero-order valence-electron chi connectivity index (χ0n) is 14.2. The SMILES string of the molecule is O=C(OCc1cccc(S(=O)(=O)N2CCOCC2)c1)c1ccc(Cl)c(Cl)c1. The van der Waals surface area contributed by atoms with Crippen LogP contribution in [0.1, 0.15) is 15.9 Å². The third-order valence-corrected chi connectivity index (χ3v) is 6.67. The number of ether oxygens (including phenoxy) is 2. The molecule has 1 fully saturated rings. The minimum Gasteiger partial charge on any atom is -0.457 e. The molecule has 1 aliphatic heterocycles. The van der Waals surface area contributed by atoms with Crippen LogP contribution in [0, 0.1) is 0 Å². The van der Waals surface area contributed by atoms with Crippen molar-refractivity contribution in [2.75, 3.05) is 26.3 Å². The topological polar surface area (TPSA) is 72.9 Å². The van der Waals surface area contributed by atoms with E-state index in [-0.39, 0.29) is 22.1 Å². The number of hydrogen-bond acceptors (Lipinski definition) is 5. The van der Waals surface area contributed by atoms with Crippen molar-refractivity contribution in [1.29, 1.82) is 0 Å². The van der Waals surface area contributed by atoms with E-state index in [4.69, 9.17) is 32.7 Å². The van der Waals surface area contributed by atoms with Gasteiger partial charge in [-0.3, -0.25) is 0 Å². The van der Waals surface area contributed by atoms with Crippen molar-refractivity contribution in [3.63, 3.8) is 0 Å². The maximum Gasteiger partial charge on any atom is 0.338 e. The molecule has 0 unspecified atom stereocenters. The van der Waals surface area contributed by atoms with Crippen LogP contribution in [0.25, 0.3) is 0 Å². The summed E-state index contributed by atoms with van der Waals surface area (Å²) in [4.78, 5) is 12.3. The van der Waals surface area contributed by atoms with Gasteiger partial charge in [-0.15, -0.1) is 0 Å². The molecule has 6 nitrogen and oxygen atoms in total. The van der Waals surface area contributed by atoms with E-state index in [2.05, 4.69) is 0 Å². The molecule has 0 radical (unpaired) electrons. The molecule has 0 atom stereocenters. The van der Waals surface area contributed by atoms with Gasteiger partial charge in [0.2, 0.25) is 10.0 Å². The quantitative estimate of drug-likeness (QED) is 0.681. The van der Waals surface area contributed by atoms with Gasteiger partial charge in [0.05, 0.1) is 33.7 Å². The fourth-order valence-corrected chi connectivity index (χ4v) is 4.36. The van der Waals surface area contributed by atoms with Crippen LogP contribution in [-0.2, 0) is 26.1 Å². The Kier molecular flexibility index (Phi) is 6.39. The van der Waals surface area contributed by atoms with Gasteiger partial charge >= 0.3 is 5.97 Å². The molecule has 0 N–H and O–H groups in total. The van der Waals surface area contributed by atoms with E-state index in [0.717, 1.165) is 0 Å². The van der Waals surface area contributed by atoms with Gasteiger partial charge in [0, 0.05) is 13.1 Å². The Bertz CT molecular complexity index is 943. The van der Waals surface area contributed by atoms with Gasteiger partial charge in [-0.1, -0.05) is 35.3 Å². The zero-order valence-corrected chi connectivity index (χ0v) is 16.6. The predicted octanol–water partition coefficient (Wildman–Crippen LogP) is 3.37. The highest BCUT2D eigenvalue weighted by Crippen LogP contribution is 2.23. The summed E-state index contributed by atoms with van der Waals surface area (Å²) in [6.45, 7) is 1.32. The molecule has 0 saturated carbocycles. The Morgan fingerprint density at radius 1 is 1.07 bits per heavy atom. The van der Waals surface area contributed by atoms with Crippen molar-refractivity contribution < 1.29 is 22.7 Å². The number of nitrogens with zero attached hydrogens (tertiary/aromatic N) is 1. The number of carbonyl (C=O) groups excluding carboxylic acids is 1. The number of hydrogen-bond donors (Lipinski definition) is 0. The second-order valence-corrected chi connectivity index (χ2v) is 8.62. The number of morpholine rings is 1. The van der Waals surface area contributed by atoms with Crippen LogP contribution in [0.5, 0.6) is 0 Å². The lowest BCUT2D eigenvalue weighted by Gasteiger charge is -2.26. The van der Waals surface area contributed by atoms with E-state index < -0.39 is 16.0 Å². The number of benzene rings is 2. The standard InChI is InChI=1S/C18H17Cl2NO5S/c19-16-5-4-14(11-17(16)20)18(22)26-12-13-2-1-3-15(10-13)27(23,24)21-6-8-25-9-7-21/h1-5,10-11H,6-9,12H2. The lowest BCUT2D eigenvalue weighted by molar-refractivity contribution is 0.0472. The molecule has 0 bridgehead atoms. The Morgan fingerprint density at radius 2 is 1.81 bits per heavy atom. The van der Waals surface area contributed by atoms with E-state index in [9.17, 15) is 13.2 Å².